The maximum absolute atomic E-state index is 6.60. The third-order valence-corrected chi connectivity index (χ3v) is 5.76. The summed E-state index contributed by atoms with van der Waals surface area (Å²) < 4.78 is 0. The van der Waals surface area contributed by atoms with Crippen molar-refractivity contribution in [3.8, 4) is 0 Å². The lowest BCUT2D eigenvalue weighted by atomic mass is 9.93. The van der Waals surface area contributed by atoms with E-state index in [9.17, 15) is 0 Å². The van der Waals surface area contributed by atoms with Crippen LogP contribution in [0.1, 0.15) is 24.1 Å². The van der Waals surface area contributed by atoms with Crippen LogP contribution >= 0.6 is 11.6 Å². The van der Waals surface area contributed by atoms with Crippen molar-refractivity contribution >= 4 is 22.5 Å². The summed E-state index contributed by atoms with van der Waals surface area (Å²) in [6.07, 6.45) is 2.55. The highest BCUT2D eigenvalue weighted by Crippen LogP contribution is 2.30. The zero-order valence-electron chi connectivity index (χ0n) is 13.0. The van der Waals surface area contributed by atoms with Gasteiger partial charge in [0, 0.05) is 31.1 Å². The maximum Gasteiger partial charge on any atom is 0.0740 e. The molecule has 0 bridgehead atoms. The van der Waals surface area contributed by atoms with Crippen molar-refractivity contribution in [1.29, 1.82) is 0 Å². The Labute approximate surface area is 136 Å². The molecule has 2 atom stereocenters. The predicted octanol–water partition coefficient (Wildman–Crippen LogP) is 3.38. The summed E-state index contributed by atoms with van der Waals surface area (Å²) >= 11 is 6.60. The quantitative estimate of drug-likeness (QED) is 0.921. The van der Waals surface area contributed by atoms with E-state index >= 15 is 0 Å². The Hall–Kier alpha value is -1.16. The number of halogens is 1. The van der Waals surface area contributed by atoms with Crippen molar-refractivity contribution in [3.05, 3.63) is 40.5 Å². The molecule has 1 aromatic heterocycles. The number of rotatable bonds is 2. The molecule has 2 unspecified atom stereocenters. The van der Waals surface area contributed by atoms with Crippen LogP contribution in [0.25, 0.3) is 10.9 Å². The van der Waals surface area contributed by atoms with Crippen molar-refractivity contribution in [2.45, 2.75) is 32.4 Å². The summed E-state index contributed by atoms with van der Waals surface area (Å²) in [6.45, 7) is 6.45. The van der Waals surface area contributed by atoms with E-state index in [4.69, 9.17) is 16.6 Å². The molecule has 1 N–H and O–H groups in total. The van der Waals surface area contributed by atoms with E-state index in [1.807, 2.05) is 12.1 Å². The number of nitrogens with zero attached hydrogens (tertiary/aromatic N) is 2. The molecule has 0 radical (unpaired) electrons. The van der Waals surface area contributed by atoms with Gasteiger partial charge in [-0.15, -0.1) is 0 Å². The highest BCUT2D eigenvalue weighted by atomic mass is 35.5. The van der Waals surface area contributed by atoms with Gasteiger partial charge in [0.05, 0.1) is 16.2 Å². The molecule has 0 amide bonds. The number of aryl methyl sites for hydroxylation is 1. The minimum Gasteiger partial charge on any atom is -0.314 e. The second-order valence-corrected chi connectivity index (χ2v) is 7.03. The summed E-state index contributed by atoms with van der Waals surface area (Å²) in [5.41, 5.74) is 3.23. The number of pyridine rings is 1. The minimum absolute atomic E-state index is 0.734. The largest absolute Gasteiger partial charge is 0.314 e. The topological polar surface area (TPSA) is 28.2 Å². The van der Waals surface area contributed by atoms with Crippen LogP contribution in [-0.4, -0.2) is 35.6 Å². The number of benzene rings is 1. The lowest BCUT2D eigenvalue weighted by Crippen LogP contribution is -2.44. The Morgan fingerprint density at radius 2 is 2.18 bits per heavy atom. The number of para-hydroxylation sites is 1. The molecule has 2 aromatic rings. The fourth-order valence-electron chi connectivity index (χ4n) is 4.00. The van der Waals surface area contributed by atoms with Crippen LogP contribution < -0.4 is 5.32 Å². The summed E-state index contributed by atoms with van der Waals surface area (Å²) in [6, 6.07) is 9.00. The lowest BCUT2D eigenvalue weighted by molar-refractivity contribution is 0.154. The molecule has 0 spiro atoms. The first-order chi connectivity index (χ1) is 10.7. The predicted molar refractivity (Wildman–Crippen MR) is 91.3 cm³/mol. The number of piperidine rings is 1. The van der Waals surface area contributed by atoms with Gasteiger partial charge in [-0.3, -0.25) is 4.90 Å². The molecule has 3 nitrogen and oxygen atoms in total. The third-order valence-electron chi connectivity index (χ3n) is 5.26. The Morgan fingerprint density at radius 3 is 3.09 bits per heavy atom. The SMILES string of the molecule is Cc1c(Cl)c(CN2CCC3NCCC3C2)nc2ccccc12. The van der Waals surface area contributed by atoms with Crippen molar-refractivity contribution in [2.24, 2.45) is 5.92 Å². The van der Waals surface area contributed by atoms with Crippen molar-refractivity contribution < 1.29 is 0 Å². The molecule has 4 rings (SSSR count). The summed E-state index contributed by atoms with van der Waals surface area (Å²) in [5.74, 6) is 0.800. The lowest BCUT2D eigenvalue weighted by Gasteiger charge is -2.34. The first-order valence-electron chi connectivity index (χ1n) is 8.22. The average Bonchev–Trinajstić information content (AvgIpc) is 3.00. The molecule has 0 aliphatic carbocycles. The molecular formula is C18H22ClN3. The van der Waals surface area contributed by atoms with Crippen molar-refractivity contribution in [1.82, 2.24) is 15.2 Å². The molecule has 4 heteroatoms. The number of hydrogen-bond acceptors (Lipinski definition) is 3. The van der Waals surface area contributed by atoms with Gasteiger partial charge in [-0.05, 0) is 43.9 Å². The standard InChI is InChI=1S/C18H22ClN3/c1-12-14-4-2-3-5-16(14)21-17(18(12)19)11-22-9-7-15-13(10-22)6-8-20-15/h2-5,13,15,20H,6-11H2,1H3. The fourth-order valence-corrected chi connectivity index (χ4v) is 4.20. The molecule has 2 saturated heterocycles. The molecule has 2 fully saturated rings. The number of fused-ring (bicyclic) bond motifs is 2. The first kappa shape index (κ1) is 14.4. The zero-order chi connectivity index (χ0) is 15.1. The Bertz CT molecular complexity index is 700. The fraction of sp³-hybridized carbons (Fsp3) is 0.500. The van der Waals surface area contributed by atoms with Crippen molar-refractivity contribution in [3.63, 3.8) is 0 Å². The van der Waals surface area contributed by atoms with Crippen LogP contribution in [0.4, 0.5) is 0 Å². The second kappa shape index (κ2) is 5.80. The van der Waals surface area contributed by atoms with Crippen LogP contribution in [0.2, 0.25) is 5.02 Å². The number of nitrogens with one attached hydrogen (secondary N) is 1. The van der Waals surface area contributed by atoms with Gasteiger partial charge in [0.1, 0.15) is 0 Å². The summed E-state index contributed by atoms with van der Waals surface area (Å²) in [7, 11) is 0. The normalized spacial score (nSPS) is 25.5. The van der Waals surface area contributed by atoms with E-state index in [1.54, 1.807) is 0 Å². The smallest absolute Gasteiger partial charge is 0.0740 e. The van der Waals surface area contributed by atoms with Gasteiger partial charge in [-0.2, -0.15) is 0 Å². The number of aromatic nitrogens is 1. The van der Waals surface area contributed by atoms with Crippen LogP contribution in [0.15, 0.2) is 24.3 Å². The maximum atomic E-state index is 6.60. The van der Waals surface area contributed by atoms with Crippen LogP contribution in [-0.2, 0) is 6.54 Å². The van der Waals surface area contributed by atoms with Crippen LogP contribution in [0, 0.1) is 12.8 Å². The zero-order valence-corrected chi connectivity index (χ0v) is 13.7. The summed E-state index contributed by atoms with van der Waals surface area (Å²) in [4.78, 5) is 7.35. The number of hydrogen-bond donors (Lipinski definition) is 1. The molecule has 2 aliphatic heterocycles. The third kappa shape index (κ3) is 2.51. The first-order valence-corrected chi connectivity index (χ1v) is 8.59. The van der Waals surface area contributed by atoms with Gasteiger partial charge in [0.15, 0.2) is 0 Å². The van der Waals surface area contributed by atoms with E-state index in [1.165, 1.54) is 25.9 Å². The summed E-state index contributed by atoms with van der Waals surface area (Å²) in [5, 5.41) is 5.62. The van der Waals surface area contributed by atoms with Gasteiger partial charge in [-0.25, -0.2) is 4.98 Å². The van der Waals surface area contributed by atoms with Crippen LogP contribution in [0.5, 0.6) is 0 Å². The minimum atomic E-state index is 0.734. The van der Waals surface area contributed by atoms with Crippen molar-refractivity contribution in [2.75, 3.05) is 19.6 Å². The molecule has 1 aromatic carbocycles. The molecule has 116 valence electrons. The highest BCUT2D eigenvalue weighted by Gasteiger charge is 2.32. The van der Waals surface area contributed by atoms with Gasteiger partial charge >= 0.3 is 0 Å². The Morgan fingerprint density at radius 1 is 1.32 bits per heavy atom. The van der Waals surface area contributed by atoms with Gasteiger partial charge in [-0.1, -0.05) is 29.8 Å². The molecule has 2 aliphatic rings. The van der Waals surface area contributed by atoms with Gasteiger partial charge < -0.3 is 5.32 Å². The van der Waals surface area contributed by atoms with Gasteiger partial charge in [0.2, 0.25) is 0 Å². The van der Waals surface area contributed by atoms with E-state index in [0.717, 1.165) is 52.2 Å². The molecule has 22 heavy (non-hydrogen) atoms. The van der Waals surface area contributed by atoms with E-state index in [0.29, 0.717) is 0 Å². The van der Waals surface area contributed by atoms with Gasteiger partial charge in [0.25, 0.3) is 0 Å². The molecule has 3 heterocycles. The Kier molecular flexibility index (Phi) is 3.81. The van der Waals surface area contributed by atoms with E-state index in [-0.39, 0.29) is 0 Å². The highest BCUT2D eigenvalue weighted by molar-refractivity contribution is 6.32. The second-order valence-electron chi connectivity index (χ2n) is 6.65. The molecular weight excluding hydrogens is 294 g/mol. The van der Waals surface area contributed by atoms with E-state index < -0.39 is 0 Å². The van der Waals surface area contributed by atoms with E-state index in [2.05, 4.69) is 29.3 Å². The molecule has 0 saturated carbocycles. The monoisotopic (exact) mass is 315 g/mol. The van der Waals surface area contributed by atoms with Crippen LogP contribution in [0.3, 0.4) is 0 Å². The average molecular weight is 316 g/mol. The Balaban J connectivity index is 1.60. The number of likely N-dealkylation sites (tertiary alicyclic amines) is 1.